The minimum Gasteiger partial charge on any atom is -0.410 e. The van der Waals surface area contributed by atoms with Gasteiger partial charge in [-0.3, -0.25) is 0 Å². The number of aliphatic hydroxyl groups excluding tert-OH is 1. The Morgan fingerprint density at radius 2 is 1.64 bits per heavy atom. The zero-order valence-electron chi connectivity index (χ0n) is 15.2. The van der Waals surface area contributed by atoms with Crippen LogP contribution in [0.25, 0.3) is 0 Å². The number of benzene rings is 2. The SMILES string of the molecule is CCN(CC)C(=O)Oc1ccc(C(O)Nc2cc(C)cc(C)c2)cc1. The first-order chi connectivity index (χ1) is 11.9. The summed E-state index contributed by atoms with van der Waals surface area (Å²) in [5.74, 6) is 0.458. The van der Waals surface area contributed by atoms with Crippen LogP contribution in [-0.4, -0.2) is 29.2 Å². The van der Waals surface area contributed by atoms with Crippen LogP contribution in [0, 0.1) is 13.8 Å². The molecule has 0 spiro atoms. The zero-order valence-corrected chi connectivity index (χ0v) is 15.2. The van der Waals surface area contributed by atoms with Gasteiger partial charge in [-0.25, -0.2) is 4.79 Å². The van der Waals surface area contributed by atoms with Crippen LogP contribution in [0.2, 0.25) is 0 Å². The van der Waals surface area contributed by atoms with Gasteiger partial charge in [0, 0.05) is 24.3 Å². The second kappa shape index (κ2) is 8.53. The summed E-state index contributed by atoms with van der Waals surface area (Å²) in [5, 5.41) is 13.4. The lowest BCUT2D eigenvalue weighted by Crippen LogP contribution is -2.33. The molecule has 0 aromatic heterocycles. The molecule has 0 bridgehead atoms. The van der Waals surface area contributed by atoms with E-state index in [2.05, 4.69) is 11.4 Å². The number of ether oxygens (including phenoxy) is 1. The molecule has 0 aliphatic rings. The van der Waals surface area contributed by atoms with Crippen LogP contribution in [0.5, 0.6) is 5.75 Å². The number of hydrogen-bond acceptors (Lipinski definition) is 4. The molecular formula is C20H26N2O3. The van der Waals surface area contributed by atoms with Gasteiger partial charge in [-0.15, -0.1) is 0 Å². The third kappa shape index (κ3) is 5.22. The van der Waals surface area contributed by atoms with E-state index < -0.39 is 6.23 Å². The second-order valence-electron chi connectivity index (χ2n) is 6.03. The average molecular weight is 342 g/mol. The molecule has 5 nitrogen and oxygen atoms in total. The van der Waals surface area contributed by atoms with Crippen molar-refractivity contribution in [1.82, 2.24) is 4.90 Å². The van der Waals surface area contributed by atoms with E-state index in [9.17, 15) is 9.90 Å². The largest absolute Gasteiger partial charge is 0.415 e. The van der Waals surface area contributed by atoms with E-state index in [4.69, 9.17) is 4.74 Å². The van der Waals surface area contributed by atoms with Crippen molar-refractivity contribution < 1.29 is 14.6 Å². The summed E-state index contributed by atoms with van der Waals surface area (Å²) >= 11 is 0. The molecule has 0 radical (unpaired) electrons. The van der Waals surface area contributed by atoms with Gasteiger partial charge in [0.2, 0.25) is 0 Å². The molecule has 2 aromatic rings. The number of nitrogens with zero attached hydrogens (tertiary/aromatic N) is 1. The summed E-state index contributed by atoms with van der Waals surface area (Å²) in [6.45, 7) is 9.05. The number of amides is 1. The molecule has 134 valence electrons. The fourth-order valence-electron chi connectivity index (χ4n) is 2.66. The molecule has 2 N–H and O–H groups in total. The van der Waals surface area contributed by atoms with E-state index in [0.717, 1.165) is 16.8 Å². The van der Waals surface area contributed by atoms with Crippen molar-refractivity contribution in [2.75, 3.05) is 18.4 Å². The topological polar surface area (TPSA) is 61.8 Å². The lowest BCUT2D eigenvalue weighted by molar-refractivity contribution is 0.157. The van der Waals surface area contributed by atoms with Gasteiger partial charge in [0.05, 0.1) is 0 Å². The molecular weight excluding hydrogens is 316 g/mol. The number of rotatable bonds is 6. The van der Waals surface area contributed by atoms with Crippen molar-refractivity contribution >= 4 is 11.8 Å². The standard InChI is InChI=1S/C20H26N2O3/c1-5-22(6-2)20(24)25-18-9-7-16(8-10-18)19(23)21-17-12-14(3)11-15(4)13-17/h7-13,19,21,23H,5-6H2,1-4H3. The molecule has 0 aliphatic heterocycles. The van der Waals surface area contributed by atoms with Gasteiger partial charge >= 0.3 is 6.09 Å². The highest BCUT2D eigenvalue weighted by Gasteiger charge is 2.13. The van der Waals surface area contributed by atoms with E-state index in [-0.39, 0.29) is 6.09 Å². The molecule has 0 heterocycles. The average Bonchev–Trinajstić information content (AvgIpc) is 2.55. The molecule has 0 saturated carbocycles. The number of carbonyl (C=O) groups is 1. The quantitative estimate of drug-likeness (QED) is 0.771. The summed E-state index contributed by atoms with van der Waals surface area (Å²) in [6.07, 6.45) is -1.21. The number of nitrogens with one attached hydrogen (secondary N) is 1. The first-order valence-electron chi connectivity index (χ1n) is 8.52. The number of aryl methyl sites for hydroxylation is 2. The molecule has 25 heavy (non-hydrogen) atoms. The summed E-state index contributed by atoms with van der Waals surface area (Å²) in [4.78, 5) is 13.5. The fourth-order valence-corrected chi connectivity index (χ4v) is 2.66. The molecule has 1 atom stereocenters. The highest BCUT2D eigenvalue weighted by molar-refractivity contribution is 5.70. The van der Waals surface area contributed by atoms with Crippen molar-refractivity contribution in [2.24, 2.45) is 0 Å². The van der Waals surface area contributed by atoms with Gasteiger partial charge in [-0.1, -0.05) is 18.2 Å². The Hall–Kier alpha value is -2.53. The zero-order chi connectivity index (χ0) is 18.4. The Morgan fingerprint density at radius 1 is 1.08 bits per heavy atom. The Labute approximate surface area is 149 Å². The molecule has 2 rings (SSSR count). The van der Waals surface area contributed by atoms with Crippen LogP contribution in [0.4, 0.5) is 10.5 Å². The molecule has 2 aromatic carbocycles. The Morgan fingerprint density at radius 3 is 2.16 bits per heavy atom. The van der Waals surface area contributed by atoms with Crippen LogP contribution >= 0.6 is 0 Å². The maximum absolute atomic E-state index is 11.9. The van der Waals surface area contributed by atoms with E-state index in [1.165, 1.54) is 0 Å². The van der Waals surface area contributed by atoms with Gasteiger partial charge < -0.3 is 20.1 Å². The molecule has 1 unspecified atom stereocenters. The maximum Gasteiger partial charge on any atom is 0.415 e. The highest BCUT2D eigenvalue weighted by atomic mass is 16.6. The summed E-state index contributed by atoms with van der Waals surface area (Å²) in [5.41, 5.74) is 3.82. The lowest BCUT2D eigenvalue weighted by atomic mass is 10.1. The lowest BCUT2D eigenvalue weighted by Gasteiger charge is -2.18. The van der Waals surface area contributed by atoms with Crippen LogP contribution < -0.4 is 10.1 Å². The number of hydrogen-bond donors (Lipinski definition) is 2. The minimum atomic E-state index is -0.839. The van der Waals surface area contributed by atoms with Gasteiger partial charge in [0.15, 0.2) is 6.23 Å². The van der Waals surface area contributed by atoms with Gasteiger partial charge in [-0.05, 0) is 63.1 Å². The van der Waals surface area contributed by atoms with E-state index >= 15 is 0 Å². The van der Waals surface area contributed by atoms with Crippen LogP contribution in [0.15, 0.2) is 42.5 Å². The number of aliphatic hydroxyl groups is 1. The van der Waals surface area contributed by atoms with Crippen molar-refractivity contribution in [3.63, 3.8) is 0 Å². The fraction of sp³-hybridized carbons (Fsp3) is 0.350. The monoisotopic (exact) mass is 342 g/mol. The molecule has 0 aliphatic carbocycles. The molecule has 0 saturated heterocycles. The van der Waals surface area contributed by atoms with Crippen molar-refractivity contribution in [2.45, 2.75) is 33.9 Å². The second-order valence-corrected chi connectivity index (χ2v) is 6.03. The Kier molecular flexibility index (Phi) is 6.42. The summed E-state index contributed by atoms with van der Waals surface area (Å²) < 4.78 is 5.33. The molecule has 5 heteroatoms. The third-order valence-corrected chi connectivity index (χ3v) is 3.95. The summed E-state index contributed by atoms with van der Waals surface area (Å²) in [6, 6.07) is 12.9. The smallest absolute Gasteiger partial charge is 0.410 e. The molecule has 0 fully saturated rings. The van der Waals surface area contributed by atoms with E-state index in [1.807, 2.05) is 39.8 Å². The van der Waals surface area contributed by atoms with Crippen molar-refractivity contribution in [1.29, 1.82) is 0 Å². The van der Waals surface area contributed by atoms with Crippen LogP contribution in [-0.2, 0) is 0 Å². The van der Waals surface area contributed by atoms with Crippen LogP contribution in [0.3, 0.4) is 0 Å². The normalized spacial score (nSPS) is 11.7. The van der Waals surface area contributed by atoms with Gasteiger partial charge in [-0.2, -0.15) is 0 Å². The Balaban J connectivity index is 2.02. The predicted octanol–water partition coefficient (Wildman–Crippen LogP) is 4.25. The minimum absolute atomic E-state index is 0.369. The maximum atomic E-state index is 11.9. The van der Waals surface area contributed by atoms with Gasteiger partial charge in [0.25, 0.3) is 0 Å². The first kappa shape index (κ1) is 18.8. The predicted molar refractivity (Wildman–Crippen MR) is 99.9 cm³/mol. The van der Waals surface area contributed by atoms with Crippen molar-refractivity contribution in [3.05, 3.63) is 59.2 Å². The Bertz CT molecular complexity index is 689. The highest BCUT2D eigenvalue weighted by Crippen LogP contribution is 2.22. The summed E-state index contributed by atoms with van der Waals surface area (Å²) in [7, 11) is 0. The van der Waals surface area contributed by atoms with E-state index in [0.29, 0.717) is 24.4 Å². The third-order valence-electron chi connectivity index (χ3n) is 3.95. The molecule has 1 amide bonds. The van der Waals surface area contributed by atoms with Gasteiger partial charge in [0.1, 0.15) is 5.75 Å². The van der Waals surface area contributed by atoms with E-state index in [1.54, 1.807) is 29.2 Å². The number of anilines is 1. The first-order valence-corrected chi connectivity index (χ1v) is 8.52. The van der Waals surface area contributed by atoms with Crippen LogP contribution in [0.1, 0.15) is 36.8 Å². The number of carbonyl (C=O) groups excluding carboxylic acids is 1. The van der Waals surface area contributed by atoms with Crippen molar-refractivity contribution in [3.8, 4) is 5.75 Å².